The van der Waals surface area contributed by atoms with Crippen LogP contribution in [0.15, 0.2) is 34.7 Å². The van der Waals surface area contributed by atoms with Gasteiger partial charge in [-0.1, -0.05) is 18.2 Å². The summed E-state index contributed by atoms with van der Waals surface area (Å²) >= 11 is 0. The summed E-state index contributed by atoms with van der Waals surface area (Å²) in [5, 5.41) is 6.45. The molecular weight excluding hydrogens is 304 g/mol. The maximum absolute atomic E-state index is 12.0. The first kappa shape index (κ1) is 14.9. The average molecular weight is 322 g/mol. The predicted molar refractivity (Wildman–Crippen MR) is 83.4 cm³/mol. The van der Waals surface area contributed by atoms with Crippen LogP contribution in [0.3, 0.4) is 0 Å². The molecule has 1 aliphatic rings. The monoisotopic (exact) mass is 322 g/mol. The summed E-state index contributed by atoms with van der Waals surface area (Å²) < 4.78 is 28.5. The molecule has 0 bridgehead atoms. The van der Waals surface area contributed by atoms with E-state index >= 15 is 0 Å². The molecule has 2 N–H and O–H groups in total. The van der Waals surface area contributed by atoms with E-state index in [9.17, 15) is 13.2 Å². The van der Waals surface area contributed by atoms with Crippen molar-refractivity contribution in [2.45, 2.75) is 25.4 Å². The number of hydrogen-bond donors (Lipinski definition) is 2. The summed E-state index contributed by atoms with van der Waals surface area (Å²) in [6.07, 6.45) is 0.467. The van der Waals surface area contributed by atoms with Gasteiger partial charge in [-0.05, 0) is 25.5 Å². The lowest BCUT2D eigenvalue weighted by Gasteiger charge is -2.15. The van der Waals surface area contributed by atoms with Gasteiger partial charge in [0.1, 0.15) is 11.3 Å². The third-order valence-corrected chi connectivity index (χ3v) is 5.55. The number of para-hydroxylation sites is 1. The third-order valence-electron chi connectivity index (χ3n) is 3.79. The van der Waals surface area contributed by atoms with Crippen LogP contribution in [0, 0.1) is 0 Å². The Morgan fingerprint density at radius 3 is 2.82 bits per heavy atom. The summed E-state index contributed by atoms with van der Waals surface area (Å²) in [4.78, 5) is 12.0. The SMILES string of the molecule is C[C@@H](NC(=O)N[C@@H]1CCS(=O)(=O)C1)c1cc2ccccc2o1. The van der Waals surface area contributed by atoms with Crippen molar-refractivity contribution in [1.82, 2.24) is 10.6 Å². The molecule has 2 aromatic rings. The molecule has 6 nitrogen and oxygen atoms in total. The molecule has 1 aromatic carbocycles. The van der Waals surface area contributed by atoms with Crippen LogP contribution in [0.4, 0.5) is 4.79 Å². The van der Waals surface area contributed by atoms with E-state index in [1.54, 1.807) is 0 Å². The molecule has 2 heterocycles. The molecule has 1 aromatic heterocycles. The van der Waals surface area contributed by atoms with E-state index in [4.69, 9.17) is 4.42 Å². The molecule has 22 heavy (non-hydrogen) atoms. The lowest BCUT2D eigenvalue weighted by atomic mass is 10.2. The maximum Gasteiger partial charge on any atom is 0.315 e. The number of fused-ring (bicyclic) bond motifs is 1. The Hall–Kier alpha value is -2.02. The zero-order valence-corrected chi connectivity index (χ0v) is 13.0. The van der Waals surface area contributed by atoms with E-state index in [0.29, 0.717) is 12.2 Å². The van der Waals surface area contributed by atoms with Gasteiger partial charge in [0.2, 0.25) is 0 Å². The van der Waals surface area contributed by atoms with Crippen molar-refractivity contribution in [3.05, 3.63) is 36.1 Å². The van der Waals surface area contributed by atoms with Crippen molar-refractivity contribution in [1.29, 1.82) is 0 Å². The van der Waals surface area contributed by atoms with Crippen molar-refractivity contribution >= 4 is 26.8 Å². The highest BCUT2D eigenvalue weighted by molar-refractivity contribution is 7.91. The van der Waals surface area contributed by atoms with Crippen LogP contribution < -0.4 is 10.6 Å². The van der Waals surface area contributed by atoms with Crippen LogP contribution in [0.2, 0.25) is 0 Å². The quantitative estimate of drug-likeness (QED) is 0.904. The van der Waals surface area contributed by atoms with E-state index in [2.05, 4.69) is 10.6 Å². The highest BCUT2D eigenvalue weighted by Crippen LogP contribution is 2.23. The maximum atomic E-state index is 12.0. The number of hydrogen-bond acceptors (Lipinski definition) is 4. The number of carbonyl (C=O) groups is 1. The Balaban J connectivity index is 1.61. The molecule has 0 radical (unpaired) electrons. The second-order valence-electron chi connectivity index (χ2n) is 5.63. The van der Waals surface area contributed by atoms with Gasteiger partial charge in [-0.2, -0.15) is 0 Å². The van der Waals surface area contributed by atoms with Gasteiger partial charge >= 0.3 is 6.03 Å². The lowest BCUT2D eigenvalue weighted by molar-refractivity contribution is 0.233. The fraction of sp³-hybridized carbons (Fsp3) is 0.400. The standard InChI is InChI=1S/C15H18N2O4S/c1-10(14-8-11-4-2-3-5-13(11)21-14)16-15(18)17-12-6-7-22(19,20)9-12/h2-5,8,10,12H,6-7,9H2,1H3,(H2,16,17,18)/t10-,12-/m1/s1. The number of sulfone groups is 1. The Kier molecular flexibility index (Phi) is 3.82. The zero-order chi connectivity index (χ0) is 15.7. The van der Waals surface area contributed by atoms with E-state index < -0.39 is 9.84 Å². The van der Waals surface area contributed by atoms with E-state index in [1.807, 2.05) is 37.3 Å². The molecule has 2 amide bonds. The lowest BCUT2D eigenvalue weighted by Crippen LogP contribution is -2.43. The molecule has 3 rings (SSSR count). The van der Waals surface area contributed by atoms with Crippen molar-refractivity contribution < 1.29 is 17.6 Å². The topological polar surface area (TPSA) is 88.4 Å². The highest BCUT2D eigenvalue weighted by atomic mass is 32.2. The molecule has 2 atom stereocenters. The van der Waals surface area contributed by atoms with Crippen molar-refractivity contribution in [3.63, 3.8) is 0 Å². The number of amides is 2. The number of nitrogens with one attached hydrogen (secondary N) is 2. The molecule has 0 unspecified atom stereocenters. The molecule has 1 aliphatic heterocycles. The molecule has 7 heteroatoms. The minimum Gasteiger partial charge on any atom is -0.459 e. The largest absolute Gasteiger partial charge is 0.459 e. The van der Waals surface area contributed by atoms with Gasteiger partial charge in [0, 0.05) is 11.4 Å². The Morgan fingerprint density at radius 2 is 2.14 bits per heavy atom. The number of benzene rings is 1. The van der Waals surface area contributed by atoms with Gasteiger partial charge in [0.05, 0.1) is 17.5 Å². The summed E-state index contributed by atoms with van der Waals surface area (Å²) in [6.45, 7) is 1.82. The Bertz CT molecular complexity index is 764. The van der Waals surface area contributed by atoms with Crippen molar-refractivity contribution in [3.8, 4) is 0 Å². The number of carbonyl (C=O) groups excluding carboxylic acids is 1. The van der Waals surface area contributed by atoms with Gasteiger partial charge < -0.3 is 15.1 Å². The van der Waals surface area contributed by atoms with E-state index in [-0.39, 0.29) is 29.6 Å². The first-order chi connectivity index (χ1) is 10.4. The summed E-state index contributed by atoms with van der Waals surface area (Å²) in [7, 11) is -3.00. The first-order valence-electron chi connectivity index (χ1n) is 7.19. The van der Waals surface area contributed by atoms with Crippen LogP contribution in [0.25, 0.3) is 11.0 Å². The molecule has 0 aliphatic carbocycles. The van der Waals surface area contributed by atoms with E-state index in [0.717, 1.165) is 11.0 Å². The Morgan fingerprint density at radius 1 is 1.36 bits per heavy atom. The van der Waals surface area contributed by atoms with Gasteiger partial charge in [-0.3, -0.25) is 0 Å². The first-order valence-corrected chi connectivity index (χ1v) is 9.01. The van der Waals surface area contributed by atoms with Crippen molar-refractivity contribution in [2.24, 2.45) is 0 Å². The summed E-state index contributed by atoms with van der Waals surface area (Å²) in [5.74, 6) is 0.812. The molecule has 118 valence electrons. The van der Waals surface area contributed by atoms with Gasteiger partial charge in [-0.15, -0.1) is 0 Å². The van der Waals surface area contributed by atoms with Gasteiger partial charge in [-0.25, -0.2) is 13.2 Å². The van der Waals surface area contributed by atoms with Gasteiger partial charge in [0.25, 0.3) is 0 Å². The summed E-state index contributed by atoms with van der Waals surface area (Å²) in [6, 6.07) is 8.52. The zero-order valence-electron chi connectivity index (χ0n) is 12.2. The molecule has 0 spiro atoms. The highest BCUT2D eigenvalue weighted by Gasteiger charge is 2.29. The summed E-state index contributed by atoms with van der Waals surface area (Å²) in [5.41, 5.74) is 0.772. The van der Waals surface area contributed by atoms with Crippen LogP contribution in [0.1, 0.15) is 25.1 Å². The third kappa shape index (κ3) is 3.24. The average Bonchev–Trinajstić information content (AvgIpc) is 3.01. The molecule has 1 fully saturated rings. The minimum atomic E-state index is -3.00. The fourth-order valence-electron chi connectivity index (χ4n) is 2.62. The predicted octanol–water partition coefficient (Wildman–Crippen LogP) is 1.98. The van der Waals surface area contributed by atoms with Crippen molar-refractivity contribution in [2.75, 3.05) is 11.5 Å². The van der Waals surface area contributed by atoms with Crippen LogP contribution in [-0.4, -0.2) is 32.0 Å². The molecule has 0 saturated carbocycles. The normalized spacial score (nSPS) is 21.6. The molecule has 1 saturated heterocycles. The molecular formula is C15H18N2O4S. The van der Waals surface area contributed by atoms with E-state index in [1.165, 1.54) is 0 Å². The smallest absolute Gasteiger partial charge is 0.315 e. The van der Waals surface area contributed by atoms with Gasteiger partial charge in [0.15, 0.2) is 9.84 Å². The number of furan rings is 1. The number of urea groups is 1. The fourth-order valence-corrected chi connectivity index (χ4v) is 4.29. The second-order valence-corrected chi connectivity index (χ2v) is 7.85. The second kappa shape index (κ2) is 5.64. The van der Waals surface area contributed by atoms with Crippen LogP contribution in [-0.2, 0) is 9.84 Å². The minimum absolute atomic E-state index is 0.0133. The number of rotatable bonds is 3. The van der Waals surface area contributed by atoms with Crippen LogP contribution in [0.5, 0.6) is 0 Å². The van der Waals surface area contributed by atoms with Crippen LogP contribution >= 0.6 is 0 Å². The Labute approximate surface area is 128 Å².